The van der Waals surface area contributed by atoms with Gasteiger partial charge in [-0.05, 0) is 37.5 Å². The summed E-state index contributed by atoms with van der Waals surface area (Å²) in [5.41, 5.74) is 1.22. The second kappa shape index (κ2) is 8.86. The van der Waals surface area contributed by atoms with E-state index in [9.17, 15) is 5.11 Å². The van der Waals surface area contributed by atoms with Gasteiger partial charge in [-0.1, -0.05) is 42.5 Å². The molecule has 0 bridgehead atoms. The van der Waals surface area contributed by atoms with Gasteiger partial charge in [-0.25, -0.2) is 4.98 Å². The fraction of sp³-hybridized carbons (Fsp3) is 0.364. The van der Waals surface area contributed by atoms with E-state index in [-0.39, 0.29) is 12.4 Å². The number of hydrogen-bond donors (Lipinski definition) is 1. The second-order valence-electron chi connectivity index (χ2n) is 7.18. The van der Waals surface area contributed by atoms with Gasteiger partial charge in [-0.15, -0.1) is 12.4 Å². The third-order valence-corrected chi connectivity index (χ3v) is 5.32. The Morgan fingerprint density at radius 1 is 1.00 bits per heavy atom. The van der Waals surface area contributed by atoms with E-state index in [4.69, 9.17) is 4.74 Å². The third-order valence-electron chi connectivity index (χ3n) is 5.32. The van der Waals surface area contributed by atoms with Crippen LogP contribution in [0.15, 0.2) is 54.6 Å². The number of para-hydroxylation sites is 1. The quantitative estimate of drug-likeness (QED) is 0.708. The molecule has 0 saturated carbocycles. The highest BCUT2D eigenvalue weighted by Gasteiger charge is 2.33. The first-order chi connectivity index (χ1) is 13.1. The van der Waals surface area contributed by atoms with Crippen LogP contribution >= 0.6 is 12.4 Å². The van der Waals surface area contributed by atoms with Crippen LogP contribution in [0.25, 0.3) is 10.9 Å². The summed E-state index contributed by atoms with van der Waals surface area (Å²) < 4.78 is 5.98. The Bertz CT molecular complexity index is 912. The highest BCUT2D eigenvalue weighted by molar-refractivity contribution is 5.85. The molecule has 0 aliphatic carbocycles. The molecule has 1 aliphatic rings. The van der Waals surface area contributed by atoms with Gasteiger partial charge >= 0.3 is 0 Å². The number of rotatable bonds is 5. The van der Waals surface area contributed by atoms with Crippen LogP contribution in [-0.4, -0.2) is 46.2 Å². The van der Waals surface area contributed by atoms with Crippen LogP contribution in [0, 0.1) is 6.92 Å². The van der Waals surface area contributed by atoms with Crippen molar-refractivity contribution in [3.8, 4) is 5.88 Å². The van der Waals surface area contributed by atoms with Crippen LogP contribution in [0.5, 0.6) is 5.88 Å². The Kier molecular flexibility index (Phi) is 6.50. The number of aryl methyl sites for hydroxylation is 1. The standard InChI is InChI=1S/C22H25N3O2.ClH/c1-17-23-20-10-6-5-9-19(20)21(24-17)27-16-15-25-13-11-22(26,12-14-25)18-7-3-2-4-8-18;/h2-10,26H,11-16H2,1H3;1H. The number of benzene rings is 2. The number of aliphatic hydroxyl groups is 1. The summed E-state index contributed by atoms with van der Waals surface area (Å²) in [6.07, 6.45) is 1.49. The molecule has 0 radical (unpaired) electrons. The summed E-state index contributed by atoms with van der Waals surface area (Å²) in [6, 6.07) is 17.9. The number of likely N-dealkylation sites (tertiary alicyclic amines) is 1. The van der Waals surface area contributed by atoms with E-state index >= 15 is 0 Å². The molecule has 1 fully saturated rings. The fourth-order valence-electron chi connectivity index (χ4n) is 3.72. The summed E-state index contributed by atoms with van der Waals surface area (Å²) >= 11 is 0. The average molecular weight is 400 g/mol. The van der Waals surface area contributed by atoms with Gasteiger partial charge in [0.1, 0.15) is 12.4 Å². The lowest BCUT2D eigenvalue weighted by Gasteiger charge is -2.38. The topological polar surface area (TPSA) is 58.5 Å². The zero-order valence-corrected chi connectivity index (χ0v) is 16.9. The van der Waals surface area contributed by atoms with Gasteiger partial charge in [-0.2, -0.15) is 4.98 Å². The molecule has 4 rings (SSSR count). The molecule has 2 heterocycles. The van der Waals surface area contributed by atoms with Crippen molar-refractivity contribution >= 4 is 23.3 Å². The number of halogens is 1. The van der Waals surface area contributed by atoms with Crippen LogP contribution < -0.4 is 4.74 Å². The van der Waals surface area contributed by atoms with Gasteiger partial charge in [0.15, 0.2) is 0 Å². The van der Waals surface area contributed by atoms with Crippen molar-refractivity contribution in [1.82, 2.24) is 14.9 Å². The molecule has 1 aliphatic heterocycles. The van der Waals surface area contributed by atoms with Gasteiger partial charge in [-0.3, -0.25) is 4.90 Å². The van der Waals surface area contributed by atoms with Crippen LogP contribution in [0.3, 0.4) is 0 Å². The summed E-state index contributed by atoms with van der Waals surface area (Å²) in [4.78, 5) is 11.2. The van der Waals surface area contributed by atoms with Crippen LogP contribution in [0.4, 0.5) is 0 Å². The number of ether oxygens (including phenoxy) is 1. The van der Waals surface area contributed by atoms with Crippen LogP contribution in [-0.2, 0) is 5.60 Å². The van der Waals surface area contributed by atoms with E-state index in [0.717, 1.165) is 54.8 Å². The van der Waals surface area contributed by atoms with Crippen LogP contribution in [0.2, 0.25) is 0 Å². The van der Waals surface area contributed by atoms with Crippen molar-refractivity contribution in [2.45, 2.75) is 25.4 Å². The molecule has 0 atom stereocenters. The van der Waals surface area contributed by atoms with Crippen molar-refractivity contribution in [3.05, 3.63) is 66.0 Å². The number of nitrogens with zero attached hydrogens (tertiary/aromatic N) is 3. The minimum atomic E-state index is -0.710. The van der Waals surface area contributed by atoms with Crippen molar-refractivity contribution < 1.29 is 9.84 Å². The van der Waals surface area contributed by atoms with Crippen molar-refractivity contribution in [2.24, 2.45) is 0 Å². The Hall–Kier alpha value is -2.21. The second-order valence-corrected chi connectivity index (χ2v) is 7.18. The molecule has 5 nitrogen and oxygen atoms in total. The van der Waals surface area contributed by atoms with Gasteiger partial charge in [0.05, 0.1) is 16.5 Å². The van der Waals surface area contributed by atoms with E-state index in [1.807, 2.05) is 61.5 Å². The fourth-order valence-corrected chi connectivity index (χ4v) is 3.72. The third kappa shape index (κ3) is 4.43. The maximum absolute atomic E-state index is 10.9. The lowest BCUT2D eigenvalue weighted by Crippen LogP contribution is -2.43. The van der Waals surface area contributed by atoms with Gasteiger partial charge in [0, 0.05) is 19.6 Å². The van der Waals surface area contributed by atoms with E-state index < -0.39 is 5.60 Å². The molecular formula is C22H26ClN3O2. The molecular weight excluding hydrogens is 374 g/mol. The Morgan fingerprint density at radius 3 is 2.43 bits per heavy atom. The summed E-state index contributed by atoms with van der Waals surface area (Å²) in [5.74, 6) is 1.37. The van der Waals surface area contributed by atoms with Crippen molar-refractivity contribution in [1.29, 1.82) is 0 Å². The Morgan fingerprint density at radius 2 is 1.68 bits per heavy atom. The first kappa shape index (κ1) is 20.5. The van der Waals surface area contributed by atoms with E-state index in [0.29, 0.717) is 12.5 Å². The zero-order valence-electron chi connectivity index (χ0n) is 16.0. The first-order valence-corrected chi connectivity index (χ1v) is 9.50. The zero-order chi connectivity index (χ0) is 18.7. The molecule has 2 aromatic carbocycles. The molecule has 28 heavy (non-hydrogen) atoms. The molecule has 148 valence electrons. The summed E-state index contributed by atoms with van der Waals surface area (Å²) in [7, 11) is 0. The highest BCUT2D eigenvalue weighted by atomic mass is 35.5. The SMILES string of the molecule is Cc1nc(OCCN2CCC(O)(c3ccccc3)CC2)c2ccccc2n1.Cl. The predicted octanol–water partition coefficient (Wildman–Crippen LogP) is 3.72. The normalized spacial score (nSPS) is 16.5. The molecule has 0 spiro atoms. The number of aromatic nitrogens is 2. The molecule has 6 heteroatoms. The van der Waals surface area contributed by atoms with Crippen LogP contribution in [0.1, 0.15) is 24.2 Å². The molecule has 0 amide bonds. The lowest BCUT2D eigenvalue weighted by molar-refractivity contribution is -0.0278. The monoisotopic (exact) mass is 399 g/mol. The summed E-state index contributed by atoms with van der Waals surface area (Å²) in [5, 5.41) is 11.9. The molecule has 0 unspecified atom stereocenters. The van der Waals surface area contributed by atoms with E-state index in [1.165, 1.54) is 0 Å². The number of piperidine rings is 1. The molecule has 1 saturated heterocycles. The maximum atomic E-state index is 10.9. The smallest absolute Gasteiger partial charge is 0.224 e. The maximum Gasteiger partial charge on any atom is 0.224 e. The first-order valence-electron chi connectivity index (χ1n) is 9.50. The van der Waals surface area contributed by atoms with Gasteiger partial charge < -0.3 is 9.84 Å². The Balaban J connectivity index is 0.00000225. The average Bonchev–Trinajstić information content (AvgIpc) is 2.70. The predicted molar refractivity (Wildman–Crippen MR) is 113 cm³/mol. The van der Waals surface area contributed by atoms with E-state index in [1.54, 1.807) is 0 Å². The molecule has 1 aromatic heterocycles. The molecule has 1 N–H and O–H groups in total. The number of hydrogen-bond acceptors (Lipinski definition) is 5. The lowest BCUT2D eigenvalue weighted by atomic mass is 9.84. The van der Waals surface area contributed by atoms with Gasteiger partial charge in [0.25, 0.3) is 0 Å². The highest BCUT2D eigenvalue weighted by Crippen LogP contribution is 2.32. The van der Waals surface area contributed by atoms with Crippen molar-refractivity contribution in [3.63, 3.8) is 0 Å². The number of fused-ring (bicyclic) bond motifs is 1. The minimum Gasteiger partial charge on any atom is -0.476 e. The molecule has 3 aromatic rings. The van der Waals surface area contributed by atoms with Crippen molar-refractivity contribution in [2.75, 3.05) is 26.2 Å². The Labute approximate surface area is 171 Å². The largest absolute Gasteiger partial charge is 0.476 e. The minimum absolute atomic E-state index is 0. The van der Waals surface area contributed by atoms with Gasteiger partial charge in [0.2, 0.25) is 5.88 Å². The van der Waals surface area contributed by atoms with E-state index in [2.05, 4.69) is 14.9 Å². The summed E-state index contributed by atoms with van der Waals surface area (Å²) in [6.45, 7) is 5.00.